The molecule has 2 heterocycles. The number of benzene rings is 2. The van der Waals surface area contributed by atoms with Crippen molar-refractivity contribution in [2.75, 3.05) is 0 Å². The number of carbonyl (C=O) groups is 1. The first kappa shape index (κ1) is 19.7. The molecule has 0 atom stereocenters. The largest absolute Gasteiger partial charge is 0.453 e. The van der Waals surface area contributed by atoms with Gasteiger partial charge in [-0.1, -0.05) is 36.4 Å². The second kappa shape index (κ2) is 9.28. The van der Waals surface area contributed by atoms with E-state index >= 15 is 0 Å². The summed E-state index contributed by atoms with van der Waals surface area (Å²) in [6.45, 7) is 0.189. The van der Waals surface area contributed by atoms with E-state index in [4.69, 9.17) is 4.74 Å². The van der Waals surface area contributed by atoms with Crippen molar-refractivity contribution in [1.29, 1.82) is 0 Å². The molecule has 7 heteroatoms. The molecule has 4 aromatic rings. The van der Waals surface area contributed by atoms with Crippen molar-refractivity contribution in [2.45, 2.75) is 13.0 Å². The van der Waals surface area contributed by atoms with Gasteiger partial charge in [0.05, 0.1) is 11.2 Å². The topological polar surface area (TPSA) is 64.1 Å². The third kappa shape index (κ3) is 5.07. The number of hydrogen-bond donors (Lipinski definition) is 1. The molecule has 0 aliphatic heterocycles. The number of halogens is 1. The molecule has 1 amide bonds. The molecule has 5 nitrogen and oxygen atoms in total. The number of hydrogen-bond acceptors (Lipinski definition) is 5. The van der Waals surface area contributed by atoms with E-state index in [1.54, 1.807) is 29.8 Å². The van der Waals surface area contributed by atoms with Gasteiger partial charge in [0, 0.05) is 24.5 Å². The van der Waals surface area contributed by atoms with Crippen LogP contribution in [0.25, 0.3) is 0 Å². The van der Waals surface area contributed by atoms with Gasteiger partial charge in [0.15, 0.2) is 11.6 Å². The summed E-state index contributed by atoms with van der Waals surface area (Å²) in [5, 5.41) is 5.38. The predicted molar refractivity (Wildman–Crippen MR) is 113 cm³/mol. The zero-order valence-corrected chi connectivity index (χ0v) is 16.7. The fourth-order valence-electron chi connectivity index (χ4n) is 2.81. The van der Waals surface area contributed by atoms with E-state index in [1.807, 2.05) is 30.3 Å². The number of ether oxygens (including phenoxy) is 1. The van der Waals surface area contributed by atoms with Crippen LogP contribution in [0.1, 0.15) is 26.6 Å². The lowest BCUT2D eigenvalue weighted by Crippen LogP contribution is -2.23. The highest BCUT2D eigenvalue weighted by Gasteiger charge is 2.12. The summed E-state index contributed by atoms with van der Waals surface area (Å²) in [5.41, 5.74) is 2.13. The van der Waals surface area contributed by atoms with Crippen LogP contribution in [-0.2, 0) is 13.0 Å². The molecule has 0 fully saturated rings. The molecule has 0 aliphatic carbocycles. The number of pyridine rings is 1. The number of rotatable bonds is 7. The van der Waals surface area contributed by atoms with Gasteiger partial charge in [-0.3, -0.25) is 9.78 Å². The molecule has 0 unspecified atom stereocenters. The minimum absolute atomic E-state index is 0.100. The number of thiazole rings is 1. The van der Waals surface area contributed by atoms with Crippen LogP contribution in [0.4, 0.5) is 4.39 Å². The monoisotopic (exact) mass is 419 g/mol. The molecular formula is C23H18FN3O2S. The molecule has 0 radical (unpaired) electrons. The van der Waals surface area contributed by atoms with Gasteiger partial charge in [-0.05, 0) is 35.4 Å². The quantitative estimate of drug-likeness (QED) is 0.458. The Morgan fingerprint density at radius 1 is 1.07 bits per heavy atom. The second-order valence-corrected chi connectivity index (χ2v) is 7.47. The van der Waals surface area contributed by atoms with Crippen LogP contribution in [0.5, 0.6) is 11.5 Å². The molecule has 4 rings (SSSR count). The Labute approximate surface area is 177 Å². The van der Waals surface area contributed by atoms with Crippen LogP contribution >= 0.6 is 11.3 Å². The van der Waals surface area contributed by atoms with E-state index < -0.39 is 5.82 Å². The van der Waals surface area contributed by atoms with Gasteiger partial charge in [-0.2, -0.15) is 0 Å². The Morgan fingerprint density at radius 3 is 2.70 bits per heavy atom. The highest BCUT2D eigenvalue weighted by Crippen LogP contribution is 2.24. The van der Waals surface area contributed by atoms with E-state index in [-0.39, 0.29) is 18.2 Å². The number of carbonyl (C=O) groups excluding carboxylic acids is 1. The lowest BCUT2D eigenvalue weighted by atomic mass is 10.2. The van der Waals surface area contributed by atoms with Gasteiger partial charge in [0.2, 0.25) is 0 Å². The van der Waals surface area contributed by atoms with Crippen molar-refractivity contribution in [3.8, 4) is 11.5 Å². The number of aromatic nitrogens is 2. The zero-order valence-electron chi connectivity index (χ0n) is 15.9. The SMILES string of the molecule is O=C(NCc1ccc(Oc2cccnc2)c(F)c1)c1csc(Cc2ccccc2)n1. The van der Waals surface area contributed by atoms with E-state index in [1.165, 1.54) is 29.7 Å². The predicted octanol–water partition coefficient (Wildman–Crippen LogP) is 4.99. The standard InChI is InChI=1S/C23H18FN3O2S/c24-19-11-17(8-9-21(19)29-18-7-4-10-25-14-18)13-26-23(28)20-15-30-22(27-20)12-16-5-2-1-3-6-16/h1-11,14-15H,12-13H2,(H,26,28). The molecule has 0 aliphatic rings. The van der Waals surface area contributed by atoms with Gasteiger partial charge >= 0.3 is 0 Å². The Morgan fingerprint density at radius 2 is 1.93 bits per heavy atom. The average Bonchev–Trinajstić information content (AvgIpc) is 3.24. The van der Waals surface area contributed by atoms with Crippen LogP contribution in [0.15, 0.2) is 78.4 Å². The van der Waals surface area contributed by atoms with Crippen molar-refractivity contribution in [3.63, 3.8) is 0 Å². The first-order valence-electron chi connectivity index (χ1n) is 9.30. The number of nitrogens with zero attached hydrogens (tertiary/aromatic N) is 2. The summed E-state index contributed by atoms with van der Waals surface area (Å²) in [5.74, 6) is -0.249. The van der Waals surface area contributed by atoms with Crippen molar-refractivity contribution in [3.05, 3.63) is 106 Å². The summed E-state index contributed by atoms with van der Waals surface area (Å²) < 4.78 is 19.8. The Hall–Kier alpha value is -3.58. The Balaban J connectivity index is 1.34. The van der Waals surface area contributed by atoms with Gasteiger partial charge in [0.25, 0.3) is 5.91 Å². The second-order valence-electron chi connectivity index (χ2n) is 6.53. The molecule has 150 valence electrons. The van der Waals surface area contributed by atoms with Crippen LogP contribution in [0.3, 0.4) is 0 Å². The van der Waals surface area contributed by atoms with E-state index in [2.05, 4.69) is 15.3 Å². The van der Waals surface area contributed by atoms with Crippen molar-refractivity contribution in [1.82, 2.24) is 15.3 Å². The highest BCUT2D eigenvalue weighted by molar-refractivity contribution is 7.09. The maximum atomic E-state index is 14.3. The van der Waals surface area contributed by atoms with E-state index in [9.17, 15) is 9.18 Å². The third-order valence-corrected chi connectivity index (χ3v) is 5.14. The summed E-state index contributed by atoms with van der Waals surface area (Å²) >= 11 is 1.45. The van der Waals surface area contributed by atoms with Crippen LogP contribution in [0, 0.1) is 5.82 Å². The van der Waals surface area contributed by atoms with E-state index in [0.29, 0.717) is 23.4 Å². The third-order valence-electron chi connectivity index (χ3n) is 4.29. The fraction of sp³-hybridized carbons (Fsp3) is 0.0870. The van der Waals surface area contributed by atoms with Gasteiger partial charge in [-0.25, -0.2) is 9.37 Å². The summed E-state index contributed by atoms with van der Waals surface area (Å²) in [6, 6.07) is 17.9. The fourth-order valence-corrected chi connectivity index (χ4v) is 3.62. The molecule has 0 saturated carbocycles. The Kier molecular flexibility index (Phi) is 6.10. The molecule has 2 aromatic carbocycles. The average molecular weight is 419 g/mol. The normalized spacial score (nSPS) is 10.6. The number of nitrogens with one attached hydrogen (secondary N) is 1. The maximum absolute atomic E-state index is 14.3. The maximum Gasteiger partial charge on any atom is 0.271 e. The van der Waals surface area contributed by atoms with Gasteiger partial charge < -0.3 is 10.1 Å². The summed E-state index contributed by atoms with van der Waals surface area (Å²) in [6.07, 6.45) is 3.80. The first-order chi connectivity index (χ1) is 14.7. The van der Waals surface area contributed by atoms with Crippen molar-refractivity contribution in [2.24, 2.45) is 0 Å². The first-order valence-corrected chi connectivity index (χ1v) is 10.2. The van der Waals surface area contributed by atoms with Gasteiger partial charge in [0.1, 0.15) is 11.4 Å². The Bertz CT molecular complexity index is 1130. The number of amides is 1. The lowest BCUT2D eigenvalue weighted by Gasteiger charge is -2.08. The molecular weight excluding hydrogens is 401 g/mol. The van der Waals surface area contributed by atoms with Gasteiger partial charge in [-0.15, -0.1) is 11.3 Å². The molecule has 30 heavy (non-hydrogen) atoms. The van der Waals surface area contributed by atoms with E-state index in [0.717, 1.165) is 10.6 Å². The van der Waals surface area contributed by atoms with Crippen LogP contribution < -0.4 is 10.1 Å². The van der Waals surface area contributed by atoms with Crippen molar-refractivity contribution < 1.29 is 13.9 Å². The molecule has 1 N–H and O–H groups in total. The minimum atomic E-state index is -0.510. The summed E-state index contributed by atoms with van der Waals surface area (Å²) in [4.78, 5) is 20.7. The smallest absolute Gasteiger partial charge is 0.271 e. The molecule has 2 aromatic heterocycles. The van der Waals surface area contributed by atoms with Crippen molar-refractivity contribution >= 4 is 17.2 Å². The summed E-state index contributed by atoms with van der Waals surface area (Å²) in [7, 11) is 0. The molecule has 0 bridgehead atoms. The van der Waals surface area contributed by atoms with Crippen LogP contribution in [0.2, 0.25) is 0 Å². The lowest BCUT2D eigenvalue weighted by molar-refractivity contribution is 0.0946. The zero-order chi connectivity index (χ0) is 20.8. The molecule has 0 spiro atoms. The molecule has 0 saturated heterocycles. The highest BCUT2D eigenvalue weighted by atomic mass is 32.1. The minimum Gasteiger partial charge on any atom is -0.453 e. The van der Waals surface area contributed by atoms with Crippen LogP contribution in [-0.4, -0.2) is 15.9 Å².